The number of halogens is 1. The van der Waals surface area contributed by atoms with Gasteiger partial charge in [0.15, 0.2) is 0 Å². The lowest BCUT2D eigenvalue weighted by Gasteiger charge is -2.06. The number of benzene rings is 2. The van der Waals surface area contributed by atoms with Crippen LogP contribution in [0.15, 0.2) is 58.3 Å². The van der Waals surface area contributed by atoms with Crippen LogP contribution in [-0.2, 0) is 5.75 Å². The maximum Gasteiger partial charge on any atom is 0.255 e. The standard InChI is InChI=1S/C18H15FN2OS2/c1-12-10-23-18(20-12)24-11-13-2-4-14(5-3-13)17(22)21-16-8-6-15(19)7-9-16/h2-10H,11H2,1H3,(H,21,22). The number of anilines is 1. The van der Waals surface area contributed by atoms with E-state index in [1.54, 1.807) is 35.2 Å². The number of carbonyl (C=O) groups excluding carboxylic acids is 1. The number of thiazole rings is 1. The fourth-order valence-corrected chi connectivity index (χ4v) is 3.84. The van der Waals surface area contributed by atoms with Crippen molar-refractivity contribution in [2.75, 3.05) is 5.32 Å². The van der Waals surface area contributed by atoms with Crippen LogP contribution in [0.5, 0.6) is 0 Å². The van der Waals surface area contributed by atoms with E-state index in [0.717, 1.165) is 21.3 Å². The molecule has 2 aromatic carbocycles. The van der Waals surface area contributed by atoms with Gasteiger partial charge in [0.05, 0.1) is 0 Å². The summed E-state index contributed by atoms with van der Waals surface area (Å²) in [7, 11) is 0. The Morgan fingerprint density at radius 1 is 1.17 bits per heavy atom. The first-order valence-electron chi connectivity index (χ1n) is 7.31. The van der Waals surface area contributed by atoms with Crippen LogP contribution in [-0.4, -0.2) is 10.9 Å². The van der Waals surface area contributed by atoms with Gasteiger partial charge in [0.1, 0.15) is 10.2 Å². The Kier molecular flexibility index (Phi) is 5.27. The van der Waals surface area contributed by atoms with Gasteiger partial charge in [0.25, 0.3) is 5.91 Å². The topological polar surface area (TPSA) is 42.0 Å². The molecular formula is C18H15FN2OS2. The van der Waals surface area contributed by atoms with Crippen LogP contribution in [0.4, 0.5) is 10.1 Å². The summed E-state index contributed by atoms with van der Waals surface area (Å²) in [5.41, 5.74) is 3.31. The Balaban J connectivity index is 1.59. The van der Waals surface area contributed by atoms with Gasteiger partial charge in [-0.1, -0.05) is 23.9 Å². The number of carbonyl (C=O) groups is 1. The summed E-state index contributed by atoms with van der Waals surface area (Å²) in [5, 5.41) is 4.78. The van der Waals surface area contributed by atoms with Crippen molar-refractivity contribution in [1.82, 2.24) is 4.98 Å². The second-order valence-corrected chi connectivity index (χ2v) is 7.28. The molecule has 0 unspecified atom stereocenters. The summed E-state index contributed by atoms with van der Waals surface area (Å²) < 4.78 is 13.9. The molecule has 0 radical (unpaired) electrons. The highest BCUT2D eigenvalue weighted by molar-refractivity contribution is 8.00. The molecule has 0 atom stereocenters. The fraction of sp³-hybridized carbons (Fsp3) is 0.111. The molecule has 0 bridgehead atoms. The maximum atomic E-state index is 12.9. The van der Waals surface area contributed by atoms with Crippen molar-refractivity contribution in [1.29, 1.82) is 0 Å². The normalized spacial score (nSPS) is 10.6. The molecule has 0 aliphatic rings. The summed E-state index contributed by atoms with van der Waals surface area (Å²) >= 11 is 3.32. The van der Waals surface area contributed by atoms with Crippen LogP contribution >= 0.6 is 23.1 Å². The Morgan fingerprint density at radius 3 is 2.50 bits per heavy atom. The van der Waals surface area contributed by atoms with Crippen LogP contribution in [0.3, 0.4) is 0 Å². The maximum absolute atomic E-state index is 12.9. The van der Waals surface area contributed by atoms with Crippen LogP contribution in [0.2, 0.25) is 0 Å². The van der Waals surface area contributed by atoms with Crippen molar-refractivity contribution in [2.45, 2.75) is 17.0 Å². The zero-order valence-electron chi connectivity index (χ0n) is 13.0. The van der Waals surface area contributed by atoms with E-state index in [0.29, 0.717) is 11.3 Å². The summed E-state index contributed by atoms with van der Waals surface area (Å²) in [5.74, 6) is 0.272. The molecule has 24 heavy (non-hydrogen) atoms. The molecule has 0 saturated heterocycles. The number of aryl methyl sites for hydroxylation is 1. The lowest BCUT2D eigenvalue weighted by molar-refractivity contribution is 0.102. The number of hydrogen-bond acceptors (Lipinski definition) is 4. The number of nitrogens with one attached hydrogen (secondary N) is 1. The molecule has 122 valence electrons. The zero-order valence-corrected chi connectivity index (χ0v) is 14.6. The van der Waals surface area contributed by atoms with E-state index >= 15 is 0 Å². The van der Waals surface area contributed by atoms with E-state index in [4.69, 9.17) is 0 Å². The molecule has 6 heteroatoms. The Hall–Kier alpha value is -2.18. The van der Waals surface area contributed by atoms with Gasteiger partial charge in [-0.3, -0.25) is 4.79 Å². The van der Waals surface area contributed by atoms with Gasteiger partial charge in [0, 0.05) is 28.1 Å². The average molecular weight is 358 g/mol. The first-order chi connectivity index (χ1) is 11.6. The molecule has 1 heterocycles. The van der Waals surface area contributed by atoms with Crippen molar-refractivity contribution < 1.29 is 9.18 Å². The Bertz CT molecular complexity index is 829. The molecule has 0 saturated carbocycles. The number of amides is 1. The van der Waals surface area contributed by atoms with Gasteiger partial charge in [0.2, 0.25) is 0 Å². The number of thioether (sulfide) groups is 1. The lowest BCUT2D eigenvalue weighted by Crippen LogP contribution is -2.11. The van der Waals surface area contributed by atoms with Gasteiger partial charge in [-0.25, -0.2) is 9.37 Å². The van der Waals surface area contributed by atoms with E-state index in [1.807, 2.05) is 24.4 Å². The lowest BCUT2D eigenvalue weighted by atomic mass is 10.1. The smallest absolute Gasteiger partial charge is 0.255 e. The van der Waals surface area contributed by atoms with Crippen molar-refractivity contribution >= 4 is 34.7 Å². The minimum atomic E-state index is -0.328. The van der Waals surface area contributed by atoms with Crippen molar-refractivity contribution in [3.05, 3.63) is 76.5 Å². The first-order valence-corrected chi connectivity index (χ1v) is 9.17. The largest absolute Gasteiger partial charge is 0.322 e. The number of rotatable bonds is 5. The quantitative estimate of drug-likeness (QED) is 0.643. The van der Waals surface area contributed by atoms with Crippen LogP contribution in [0.25, 0.3) is 0 Å². The predicted octanol–water partition coefficient (Wildman–Crippen LogP) is 5.14. The number of aromatic nitrogens is 1. The monoisotopic (exact) mass is 358 g/mol. The van der Waals surface area contributed by atoms with Crippen molar-refractivity contribution in [3.8, 4) is 0 Å². The molecule has 1 aromatic heterocycles. The van der Waals surface area contributed by atoms with E-state index in [2.05, 4.69) is 10.3 Å². The Morgan fingerprint density at radius 2 is 1.88 bits per heavy atom. The van der Waals surface area contributed by atoms with E-state index in [-0.39, 0.29) is 11.7 Å². The SMILES string of the molecule is Cc1csc(SCc2ccc(C(=O)Nc3ccc(F)cc3)cc2)n1. The van der Waals surface area contributed by atoms with Gasteiger partial charge in [-0.05, 0) is 48.9 Å². The van der Waals surface area contributed by atoms with Gasteiger partial charge < -0.3 is 5.32 Å². The highest BCUT2D eigenvalue weighted by Gasteiger charge is 2.07. The van der Waals surface area contributed by atoms with E-state index in [9.17, 15) is 9.18 Å². The van der Waals surface area contributed by atoms with E-state index in [1.165, 1.54) is 24.3 Å². The molecular weight excluding hydrogens is 343 g/mol. The summed E-state index contributed by atoms with van der Waals surface area (Å²) in [6.07, 6.45) is 0. The molecule has 1 amide bonds. The van der Waals surface area contributed by atoms with Crippen LogP contribution in [0.1, 0.15) is 21.6 Å². The molecule has 0 aliphatic heterocycles. The van der Waals surface area contributed by atoms with Crippen molar-refractivity contribution in [3.63, 3.8) is 0 Å². The minimum Gasteiger partial charge on any atom is -0.322 e. The van der Waals surface area contributed by atoms with Gasteiger partial charge in [-0.15, -0.1) is 11.3 Å². The summed E-state index contributed by atoms with van der Waals surface area (Å²) in [6.45, 7) is 1.98. The highest BCUT2D eigenvalue weighted by atomic mass is 32.2. The third kappa shape index (κ3) is 4.43. The molecule has 0 fully saturated rings. The zero-order chi connectivity index (χ0) is 16.9. The molecule has 0 spiro atoms. The summed E-state index contributed by atoms with van der Waals surface area (Å²) in [6, 6.07) is 13.2. The molecule has 0 aliphatic carbocycles. The number of hydrogen-bond donors (Lipinski definition) is 1. The van der Waals surface area contributed by atoms with Crippen LogP contribution < -0.4 is 5.32 Å². The summed E-state index contributed by atoms with van der Waals surface area (Å²) in [4.78, 5) is 16.6. The number of nitrogens with zero attached hydrogens (tertiary/aromatic N) is 1. The molecule has 3 nitrogen and oxygen atoms in total. The Labute approximate surface area is 148 Å². The van der Waals surface area contributed by atoms with Gasteiger partial charge in [-0.2, -0.15) is 0 Å². The third-order valence-corrected chi connectivity index (χ3v) is 5.49. The van der Waals surface area contributed by atoms with Crippen molar-refractivity contribution in [2.24, 2.45) is 0 Å². The molecule has 3 aromatic rings. The van der Waals surface area contributed by atoms with Gasteiger partial charge >= 0.3 is 0 Å². The van der Waals surface area contributed by atoms with Crippen LogP contribution in [0, 0.1) is 12.7 Å². The molecule has 1 N–H and O–H groups in total. The van der Waals surface area contributed by atoms with E-state index < -0.39 is 0 Å². The predicted molar refractivity (Wildman–Crippen MR) is 97.2 cm³/mol. The minimum absolute atomic E-state index is 0.212. The third-order valence-electron chi connectivity index (χ3n) is 3.28. The second-order valence-electron chi connectivity index (χ2n) is 5.20. The second kappa shape index (κ2) is 7.59. The highest BCUT2D eigenvalue weighted by Crippen LogP contribution is 2.26. The first kappa shape index (κ1) is 16.7. The average Bonchev–Trinajstić information content (AvgIpc) is 3.01. The molecule has 3 rings (SSSR count). The fourth-order valence-electron chi connectivity index (χ4n) is 2.03.